The number of carbonyl (C=O) groups is 2. The maximum atomic E-state index is 13.1. The minimum absolute atomic E-state index is 0.0792. The summed E-state index contributed by atoms with van der Waals surface area (Å²) in [6.07, 6.45) is 3.60. The van der Waals surface area contributed by atoms with Crippen molar-refractivity contribution in [3.8, 4) is 0 Å². The van der Waals surface area contributed by atoms with Gasteiger partial charge in [-0.1, -0.05) is 42.0 Å². The first-order valence-electron chi connectivity index (χ1n) is 10.9. The van der Waals surface area contributed by atoms with E-state index in [4.69, 9.17) is 0 Å². The molecule has 0 unspecified atom stereocenters. The van der Waals surface area contributed by atoms with E-state index in [0.29, 0.717) is 37.6 Å². The first kappa shape index (κ1) is 22.1. The van der Waals surface area contributed by atoms with Crippen LogP contribution in [0.2, 0.25) is 0 Å². The number of nitrogens with one attached hydrogen (secondary N) is 1. The van der Waals surface area contributed by atoms with Crippen LogP contribution in [0.4, 0.5) is 0 Å². The van der Waals surface area contributed by atoms with Crippen molar-refractivity contribution in [1.29, 1.82) is 0 Å². The Bertz CT molecular complexity index is 1110. The fraction of sp³-hybridized carbons (Fsp3) is 0.320. The molecule has 0 radical (unpaired) electrons. The zero-order valence-electron chi connectivity index (χ0n) is 18.5. The van der Waals surface area contributed by atoms with Crippen LogP contribution in [0.3, 0.4) is 0 Å². The highest BCUT2D eigenvalue weighted by Crippen LogP contribution is 2.18. The lowest BCUT2D eigenvalue weighted by molar-refractivity contribution is 0.0745. The van der Waals surface area contributed by atoms with E-state index >= 15 is 0 Å². The van der Waals surface area contributed by atoms with Crippen LogP contribution in [-0.4, -0.2) is 45.8 Å². The lowest BCUT2D eigenvalue weighted by Crippen LogP contribution is -2.30. The third-order valence-corrected chi connectivity index (χ3v) is 6.37. The van der Waals surface area contributed by atoms with Gasteiger partial charge in [-0.3, -0.25) is 14.3 Å². The number of carbonyl (C=O) groups excluding carboxylic acids is 2. The predicted molar refractivity (Wildman–Crippen MR) is 127 cm³/mol. The highest BCUT2D eigenvalue weighted by Gasteiger charge is 2.26. The van der Waals surface area contributed by atoms with Crippen molar-refractivity contribution in [3.05, 3.63) is 82.7 Å². The van der Waals surface area contributed by atoms with Gasteiger partial charge in [0.2, 0.25) is 0 Å². The number of aromatic nitrogens is 2. The van der Waals surface area contributed by atoms with Crippen molar-refractivity contribution in [3.63, 3.8) is 0 Å². The number of amides is 2. The lowest BCUT2D eigenvalue weighted by Gasteiger charge is -2.20. The molecule has 1 aromatic heterocycles. The van der Waals surface area contributed by atoms with Gasteiger partial charge in [-0.15, -0.1) is 11.8 Å². The third-order valence-electron chi connectivity index (χ3n) is 5.63. The summed E-state index contributed by atoms with van der Waals surface area (Å²) in [5.74, 6) is -0.325. The summed E-state index contributed by atoms with van der Waals surface area (Å²) in [5, 5.41) is 7.35. The van der Waals surface area contributed by atoms with E-state index in [1.807, 2.05) is 36.3 Å². The van der Waals surface area contributed by atoms with Crippen molar-refractivity contribution in [2.75, 3.05) is 19.3 Å². The normalized spacial score (nSPS) is 13.6. The molecule has 1 N–H and O–H groups in total. The van der Waals surface area contributed by atoms with Crippen LogP contribution in [-0.2, 0) is 19.5 Å². The van der Waals surface area contributed by atoms with Gasteiger partial charge in [0, 0.05) is 37.1 Å². The summed E-state index contributed by atoms with van der Waals surface area (Å²) in [5.41, 5.74) is 4.23. The Hall–Kier alpha value is -3.06. The monoisotopic (exact) mass is 448 g/mol. The minimum atomic E-state index is -0.246. The Morgan fingerprint density at radius 1 is 1.09 bits per heavy atom. The third kappa shape index (κ3) is 5.22. The maximum Gasteiger partial charge on any atom is 0.272 e. The molecule has 0 aliphatic carbocycles. The minimum Gasteiger partial charge on any atom is -0.350 e. The van der Waals surface area contributed by atoms with Gasteiger partial charge in [0.05, 0.1) is 0 Å². The van der Waals surface area contributed by atoms with Crippen LogP contribution in [0.15, 0.2) is 59.5 Å². The predicted octanol–water partition coefficient (Wildman–Crippen LogP) is 3.93. The first-order chi connectivity index (χ1) is 15.5. The molecule has 4 rings (SSSR count). The van der Waals surface area contributed by atoms with E-state index in [9.17, 15) is 9.59 Å². The molecule has 0 spiro atoms. The van der Waals surface area contributed by atoms with Crippen molar-refractivity contribution in [1.82, 2.24) is 20.0 Å². The molecule has 1 aliphatic rings. The highest BCUT2D eigenvalue weighted by atomic mass is 32.2. The summed E-state index contributed by atoms with van der Waals surface area (Å²) in [4.78, 5) is 28.8. The Balaban J connectivity index is 1.39. The second-order valence-electron chi connectivity index (χ2n) is 8.06. The molecule has 1 aliphatic heterocycles. The van der Waals surface area contributed by atoms with Crippen LogP contribution in [0.25, 0.3) is 0 Å². The average molecular weight is 449 g/mol. The number of fused-ring (bicyclic) bond motifs is 1. The van der Waals surface area contributed by atoms with Crippen LogP contribution in [0.5, 0.6) is 0 Å². The SMILES string of the molecule is CSc1ccc(CCNC(=O)c2cc3n(n2)CCCN(Cc2cccc(C)c2)C3=O)cc1. The smallest absolute Gasteiger partial charge is 0.272 e. The standard InChI is InChI=1S/C25H28N4O2S/c1-18-5-3-6-20(15-18)17-28-13-4-14-29-23(25(28)31)16-22(27-29)24(30)26-12-11-19-7-9-21(32-2)10-8-19/h3,5-10,15-16H,4,11-14,17H2,1-2H3,(H,26,30). The van der Waals surface area contributed by atoms with Gasteiger partial charge in [0.25, 0.3) is 11.8 Å². The van der Waals surface area contributed by atoms with Crippen LogP contribution in [0.1, 0.15) is 44.1 Å². The number of aryl methyl sites for hydroxylation is 2. The summed E-state index contributed by atoms with van der Waals surface area (Å²) >= 11 is 1.71. The van der Waals surface area contributed by atoms with Gasteiger partial charge < -0.3 is 10.2 Å². The largest absolute Gasteiger partial charge is 0.350 e. The van der Waals surface area contributed by atoms with Crippen molar-refractivity contribution >= 4 is 23.6 Å². The first-order valence-corrected chi connectivity index (χ1v) is 12.1. The van der Waals surface area contributed by atoms with Crippen molar-refractivity contribution in [2.24, 2.45) is 0 Å². The molecule has 6 nitrogen and oxygen atoms in total. The zero-order chi connectivity index (χ0) is 22.5. The Morgan fingerprint density at radius 2 is 1.91 bits per heavy atom. The molecule has 0 saturated carbocycles. The number of nitrogens with zero attached hydrogens (tertiary/aromatic N) is 3. The molecular formula is C25H28N4O2S. The fourth-order valence-corrected chi connectivity index (χ4v) is 4.34. The molecule has 0 saturated heterocycles. The highest BCUT2D eigenvalue weighted by molar-refractivity contribution is 7.98. The number of thioether (sulfide) groups is 1. The van der Waals surface area contributed by atoms with Gasteiger partial charge in [-0.05, 0) is 49.3 Å². The van der Waals surface area contributed by atoms with E-state index in [-0.39, 0.29) is 11.8 Å². The quantitative estimate of drug-likeness (QED) is 0.556. The molecule has 3 aromatic rings. The number of benzene rings is 2. The van der Waals surface area contributed by atoms with E-state index < -0.39 is 0 Å². The van der Waals surface area contributed by atoms with Gasteiger partial charge in [-0.25, -0.2) is 0 Å². The van der Waals surface area contributed by atoms with E-state index in [1.165, 1.54) is 16.0 Å². The fourth-order valence-electron chi connectivity index (χ4n) is 3.93. The van der Waals surface area contributed by atoms with Crippen LogP contribution < -0.4 is 5.32 Å². The van der Waals surface area contributed by atoms with E-state index in [1.54, 1.807) is 22.5 Å². The molecule has 7 heteroatoms. The summed E-state index contributed by atoms with van der Waals surface area (Å²) in [6.45, 7) is 4.43. The van der Waals surface area contributed by atoms with Gasteiger partial charge in [0.1, 0.15) is 5.69 Å². The van der Waals surface area contributed by atoms with Crippen molar-refractivity contribution < 1.29 is 9.59 Å². The second kappa shape index (κ2) is 10.0. The van der Waals surface area contributed by atoms with Gasteiger partial charge >= 0.3 is 0 Å². The summed E-state index contributed by atoms with van der Waals surface area (Å²) in [7, 11) is 0. The zero-order valence-corrected chi connectivity index (χ0v) is 19.3. The van der Waals surface area contributed by atoms with Crippen LogP contribution >= 0.6 is 11.8 Å². The molecule has 2 aromatic carbocycles. The van der Waals surface area contributed by atoms with Crippen LogP contribution in [0, 0.1) is 6.92 Å². The van der Waals surface area contributed by atoms with Gasteiger partial charge in [0.15, 0.2) is 5.69 Å². The summed E-state index contributed by atoms with van der Waals surface area (Å²) in [6, 6.07) is 18.2. The molecule has 2 heterocycles. The number of hydrogen-bond donors (Lipinski definition) is 1. The number of hydrogen-bond acceptors (Lipinski definition) is 4. The molecule has 32 heavy (non-hydrogen) atoms. The Morgan fingerprint density at radius 3 is 2.66 bits per heavy atom. The van der Waals surface area contributed by atoms with Crippen molar-refractivity contribution in [2.45, 2.75) is 37.8 Å². The summed E-state index contributed by atoms with van der Waals surface area (Å²) < 4.78 is 1.68. The number of rotatable bonds is 7. The molecule has 2 amide bonds. The maximum absolute atomic E-state index is 13.1. The van der Waals surface area contributed by atoms with E-state index in [0.717, 1.165) is 18.4 Å². The Labute approximate surface area is 193 Å². The molecule has 0 fully saturated rings. The topological polar surface area (TPSA) is 67.2 Å². The molecular weight excluding hydrogens is 420 g/mol. The molecule has 0 bridgehead atoms. The average Bonchev–Trinajstić information content (AvgIpc) is 3.17. The lowest BCUT2D eigenvalue weighted by atomic mass is 10.1. The second-order valence-corrected chi connectivity index (χ2v) is 8.94. The van der Waals surface area contributed by atoms with Gasteiger partial charge in [-0.2, -0.15) is 5.10 Å². The molecule has 166 valence electrons. The molecule has 0 atom stereocenters. The Kier molecular flexibility index (Phi) is 6.95. The van der Waals surface area contributed by atoms with E-state index in [2.05, 4.69) is 40.7 Å².